The number of nitrogens with zero attached hydrogens (tertiary/aromatic N) is 1. The maximum atomic E-state index is 13.4. The average molecular weight is 292 g/mol. The van der Waals surface area contributed by atoms with Crippen molar-refractivity contribution in [2.75, 3.05) is 11.9 Å². The van der Waals surface area contributed by atoms with Crippen molar-refractivity contribution in [2.24, 2.45) is 0 Å². The van der Waals surface area contributed by atoms with Gasteiger partial charge >= 0.3 is 12.0 Å². The van der Waals surface area contributed by atoms with Crippen LogP contribution in [-0.2, 0) is 6.42 Å². The summed E-state index contributed by atoms with van der Waals surface area (Å²) in [5.74, 6) is -1.64. The summed E-state index contributed by atoms with van der Waals surface area (Å²) in [7, 11) is 0. The van der Waals surface area contributed by atoms with Crippen molar-refractivity contribution in [2.45, 2.75) is 6.42 Å². The number of carboxylic acids is 1. The van der Waals surface area contributed by atoms with Crippen molar-refractivity contribution >= 4 is 17.7 Å². The molecular weight excluding hydrogens is 279 g/mol. The second-order valence-corrected chi connectivity index (χ2v) is 4.13. The zero-order valence-electron chi connectivity index (χ0n) is 10.9. The Balaban J connectivity index is 1.93. The molecule has 7 nitrogen and oxygen atoms in total. The lowest BCUT2D eigenvalue weighted by atomic mass is 10.1. The molecule has 1 heterocycles. The Labute approximate surface area is 119 Å². The molecule has 0 saturated heterocycles. The van der Waals surface area contributed by atoms with Crippen LogP contribution in [0, 0.1) is 5.82 Å². The number of hydrogen-bond donors (Lipinski definition) is 4. The topological polar surface area (TPSA) is 107 Å². The van der Waals surface area contributed by atoms with Crippen LogP contribution in [0.4, 0.5) is 14.9 Å². The Bertz CT molecular complexity index is 643. The van der Waals surface area contributed by atoms with Gasteiger partial charge in [0.15, 0.2) is 0 Å². The molecule has 2 amide bonds. The molecule has 4 N–H and O–H groups in total. The number of hydrogen-bond acceptors (Lipinski definition) is 3. The molecule has 110 valence electrons. The Morgan fingerprint density at radius 3 is 2.86 bits per heavy atom. The van der Waals surface area contributed by atoms with E-state index in [-0.39, 0.29) is 5.69 Å². The number of anilines is 1. The van der Waals surface area contributed by atoms with E-state index in [1.54, 1.807) is 12.4 Å². The molecular formula is C13H13FN4O3. The lowest BCUT2D eigenvalue weighted by Crippen LogP contribution is -2.31. The first-order valence-electron chi connectivity index (χ1n) is 6.13. The highest BCUT2D eigenvalue weighted by atomic mass is 19.1. The number of amides is 2. The average Bonchev–Trinajstić information content (AvgIpc) is 2.91. The number of carboxylic acid groups (broad SMARTS) is 1. The second-order valence-electron chi connectivity index (χ2n) is 4.13. The van der Waals surface area contributed by atoms with E-state index < -0.39 is 23.4 Å². The maximum absolute atomic E-state index is 13.4. The highest BCUT2D eigenvalue weighted by molar-refractivity contribution is 6.00. The standard InChI is InChI=1S/C13H13FN4O3/c14-8-2-1-3-9(11(8)12(19)20)18-13(21)17-5-4-10-15-6-7-16-10/h1-3,6-7H,4-5H2,(H,15,16)(H,19,20)(H2,17,18,21). The fourth-order valence-electron chi connectivity index (χ4n) is 1.74. The summed E-state index contributed by atoms with van der Waals surface area (Å²) >= 11 is 0. The highest BCUT2D eigenvalue weighted by Gasteiger charge is 2.17. The fraction of sp³-hybridized carbons (Fsp3) is 0.154. The van der Waals surface area contributed by atoms with Crippen LogP contribution < -0.4 is 10.6 Å². The van der Waals surface area contributed by atoms with Crippen LogP contribution in [0.2, 0.25) is 0 Å². The number of carbonyl (C=O) groups is 2. The third-order valence-electron chi connectivity index (χ3n) is 2.68. The zero-order chi connectivity index (χ0) is 15.2. The van der Waals surface area contributed by atoms with Gasteiger partial charge in [0.25, 0.3) is 0 Å². The number of aromatic amines is 1. The molecule has 0 aliphatic carbocycles. The number of aromatic nitrogens is 2. The first kappa shape index (κ1) is 14.5. The van der Waals surface area contributed by atoms with Gasteiger partial charge in [-0.2, -0.15) is 0 Å². The van der Waals surface area contributed by atoms with Gasteiger partial charge in [-0.05, 0) is 12.1 Å². The van der Waals surface area contributed by atoms with E-state index in [1.165, 1.54) is 12.1 Å². The molecule has 0 aliphatic heterocycles. The molecule has 21 heavy (non-hydrogen) atoms. The lowest BCUT2D eigenvalue weighted by Gasteiger charge is -2.10. The number of benzene rings is 1. The van der Waals surface area contributed by atoms with Gasteiger partial charge in [-0.1, -0.05) is 6.07 Å². The number of rotatable bonds is 5. The van der Waals surface area contributed by atoms with Gasteiger partial charge in [0.05, 0.1) is 5.69 Å². The molecule has 0 unspecified atom stereocenters. The number of carbonyl (C=O) groups excluding carboxylic acids is 1. The molecule has 1 aromatic heterocycles. The molecule has 0 aliphatic rings. The molecule has 0 saturated carbocycles. The van der Waals surface area contributed by atoms with E-state index in [0.717, 1.165) is 6.07 Å². The van der Waals surface area contributed by atoms with E-state index in [1.807, 2.05) is 0 Å². The van der Waals surface area contributed by atoms with Gasteiger partial charge < -0.3 is 20.7 Å². The Kier molecular flexibility index (Phi) is 4.50. The number of aromatic carboxylic acids is 1. The van der Waals surface area contributed by atoms with Crippen LogP contribution in [0.3, 0.4) is 0 Å². The van der Waals surface area contributed by atoms with E-state index in [2.05, 4.69) is 20.6 Å². The Morgan fingerprint density at radius 2 is 2.19 bits per heavy atom. The largest absolute Gasteiger partial charge is 0.478 e. The van der Waals surface area contributed by atoms with Crippen molar-refractivity contribution in [3.05, 3.63) is 47.8 Å². The summed E-state index contributed by atoms with van der Waals surface area (Å²) in [6.07, 6.45) is 3.76. The summed E-state index contributed by atoms with van der Waals surface area (Å²) < 4.78 is 13.4. The van der Waals surface area contributed by atoms with Gasteiger partial charge in [-0.3, -0.25) is 0 Å². The molecule has 2 rings (SSSR count). The Hall–Kier alpha value is -2.90. The van der Waals surface area contributed by atoms with Crippen molar-refractivity contribution < 1.29 is 19.1 Å². The maximum Gasteiger partial charge on any atom is 0.340 e. The summed E-state index contributed by atoms with van der Waals surface area (Å²) in [5.41, 5.74) is -0.670. The predicted octanol–water partition coefficient (Wildman–Crippen LogP) is 1.61. The quantitative estimate of drug-likeness (QED) is 0.671. The van der Waals surface area contributed by atoms with E-state index in [0.29, 0.717) is 18.8 Å². The zero-order valence-corrected chi connectivity index (χ0v) is 10.9. The number of H-pyrrole nitrogens is 1. The Morgan fingerprint density at radius 1 is 1.38 bits per heavy atom. The minimum Gasteiger partial charge on any atom is -0.478 e. The molecule has 0 spiro atoms. The fourth-order valence-corrected chi connectivity index (χ4v) is 1.74. The van der Waals surface area contributed by atoms with Gasteiger partial charge in [0.1, 0.15) is 17.2 Å². The summed E-state index contributed by atoms with van der Waals surface area (Å²) in [5, 5.41) is 13.8. The first-order valence-corrected chi connectivity index (χ1v) is 6.13. The molecule has 0 bridgehead atoms. The molecule has 0 radical (unpaired) electrons. The molecule has 0 atom stereocenters. The first-order chi connectivity index (χ1) is 10.1. The third-order valence-corrected chi connectivity index (χ3v) is 2.68. The van der Waals surface area contributed by atoms with Crippen molar-refractivity contribution in [3.63, 3.8) is 0 Å². The molecule has 1 aromatic carbocycles. The number of urea groups is 1. The summed E-state index contributed by atoms with van der Waals surface area (Å²) in [6.45, 7) is 0.303. The minimum absolute atomic E-state index is 0.0991. The summed E-state index contributed by atoms with van der Waals surface area (Å²) in [4.78, 5) is 29.5. The van der Waals surface area contributed by atoms with Crippen LogP contribution in [0.1, 0.15) is 16.2 Å². The molecule has 2 aromatic rings. The van der Waals surface area contributed by atoms with Gasteiger partial charge in [0, 0.05) is 25.4 Å². The SMILES string of the molecule is O=C(NCCc1ncc[nH]1)Nc1cccc(F)c1C(=O)O. The van der Waals surface area contributed by atoms with Crippen molar-refractivity contribution in [1.82, 2.24) is 15.3 Å². The predicted molar refractivity (Wildman–Crippen MR) is 72.7 cm³/mol. The van der Waals surface area contributed by atoms with Gasteiger partial charge in [0.2, 0.25) is 0 Å². The van der Waals surface area contributed by atoms with Crippen LogP contribution in [-0.4, -0.2) is 33.6 Å². The van der Waals surface area contributed by atoms with E-state index >= 15 is 0 Å². The van der Waals surface area contributed by atoms with Crippen LogP contribution in [0.25, 0.3) is 0 Å². The second kappa shape index (κ2) is 6.51. The highest BCUT2D eigenvalue weighted by Crippen LogP contribution is 2.18. The van der Waals surface area contributed by atoms with Crippen molar-refractivity contribution in [3.8, 4) is 0 Å². The van der Waals surface area contributed by atoms with Crippen molar-refractivity contribution in [1.29, 1.82) is 0 Å². The van der Waals surface area contributed by atoms with Crippen LogP contribution in [0.5, 0.6) is 0 Å². The smallest absolute Gasteiger partial charge is 0.340 e. The van der Waals surface area contributed by atoms with Crippen LogP contribution >= 0.6 is 0 Å². The van der Waals surface area contributed by atoms with E-state index in [4.69, 9.17) is 5.11 Å². The molecule has 0 fully saturated rings. The minimum atomic E-state index is -1.45. The number of halogens is 1. The number of nitrogens with one attached hydrogen (secondary N) is 3. The van der Waals surface area contributed by atoms with Gasteiger partial charge in [-0.15, -0.1) is 0 Å². The van der Waals surface area contributed by atoms with Gasteiger partial charge in [-0.25, -0.2) is 19.0 Å². The van der Waals surface area contributed by atoms with E-state index in [9.17, 15) is 14.0 Å². The van der Waals surface area contributed by atoms with Crippen LogP contribution in [0.15, 0.2) is 30.6 Å². The third kappa shape index (κ3) is 3.78. The lowest BCUT2D eigenvalue weighted by molar-refractivity contribution is 0.0693. The number of imidazole rings is 1. The monoisotopic (exact) mass is 292 g/mol. The normalized spacial score (nSPS) is 10.1. The summed E-state index contributed by atoms with van der Waals surface area (Å²) in [6, 6.07) is 3.04. The molecule has 8 heteroatoms.